The second-order valence-corrected chi connectivity index (χ2v) is 17.8. The summed E-state index contributed by atoms with van der Waals surface area (Å²) in [4.78, 5) is 33.1. The molecule has 300 valence electrons. The van der Waals surface area contributed by atoms with Gasteiger partial charge in [0.1, 0.15) is 17.0 Å². The predicted molar refractivity (Wildman–Crippen MR) is 216 cm³/mol. The van der Waals surface area contributed by atoms with Crippen LogP contribution >= 0.6 is 0 Å². The number of carbonyl (C=O) groups excluding carboxylic acids is 2. The van der Waals surface area contributed by atoms with Crippen LogP contribution in [-0.2, 0) is 16.1 Å². The lowest BCUT2D eigenvalue weighted by Crippen LogP contribution is -2.44. The number of anilines is 2. The molecule has 2 aromatic carbocycles. The number of ether oxygens (including phenoxy) is 3. The van der Waals surface area contributed by atoms with Crippen molar-refractivity contribution >= 4 is 23.6 Å². The van der Waals surface area contributed by atoms with E-state index in [9.17, 15) is 14.7 Å². The number of carbonyl (C=O) groups is 2. The quantitative estimate of drug-likeness (QED) is 0.314. The monoisotopic (exact) mass is 749 g/mol. The molecule has 10 nitrogen and oxygen atoms in total. The van der Waals surface area contributed by atoms with E-state index in [1.807, 2.05) is 75.6 Å². The van der Waals surface area contributed by atoms with E-state index < -0.39 is 11.2 Å². The van der Waals surface area contributed by atoms with Crippen molar-refractivity contribution in [2.75, 3.05) is 69.3 Å². The average molecular weight is 749 g/mol. The summed E-state index contributed by atoms with van der Waals surface area (Å²) >= 11 is 0. The Kier molecular flexibility index (Phi) is 14.4. The van der Waals surface area contributed by atoms with Gasteiger partial charge in [-0.15, -0.1) is 0 Å². The predicted octanol–water partition coefficient (Wildman–Crippen LogP) is 8.60. The summed E-state index contributed by atoms with van der Waals surface area (Å²) in [6, 6.07) is 16.6. The van der Waals surface area contributed by atoms with E-state index >= 15 is 0 Å². The molecule has 0 aromatic heterocycles. The maximum Gasteiger partial charge on any atom is 0.410 e. The molecule has 0 spiro atoms. The smallest absolute Gasteiger partial charge is 0.410 e. The first-order chi connectivity index (χ1) is 25.7. The maximum absolute atomic E-state index is 12.2. The first kappa shape index (κ1) is 41.5. The zero-order chi connectivity index (χ0) is 38.9. The largest absolute Gasteiger partial charge is 0.497 e. The van der Waals surface area contributed by atoms with Crippen LogP contribution in [0.5, 0.6) is 5.75 Å². The number of rotatable bonds is 6. The number of likely N-dealkylation sites (tertiary alicyclic amines) is 2. The molecule has 4 aliphatic heterocycles. The van der Waals surface area contributed by atoms with Gasteiger partial charge in [0, 0.05) is 63.7 Å². The molecular weight excluding hydrogens is 681 g/mol. The van der Waals surface area contributed by atoms with Crippen molar-refractivity contribution in [3.63, 3.8) is 0 Å². The second kappa shape index (κ2) is 18.8. The molecule has 2 amide bonds. The topological polar surface area (TPSA) is 95.0 Å². The van der Waals surface area contributed by atoms with Gasteiger partial charge >= 0.3 is 12.2 Å². The molecule has 10 heteroatoms. The van der Waals surface area contributed by atoms with E-state index in [1.54, 1.807) is 7.11 Å². The van der Waals surface area contributed by atoms with Gasteiger partial charge in [0.15, 0.2) is 0 Å². The molecule has 6 rings (SSSR count). The van der Waals surface area contributed by atoms with Gasteiger partial charge < -0.3 is 38.9 Å². The molecule has 4 saturated heterocycles. The normalized spacial score (nSPS) is 19.9. The standard InChI is InChI=1S/2C22H34N2O3/c1-22(2,3)27-21(25)24-15-11-18(12-16-24)17-9-13-23(14-10-17)19-5-7-20(26-4)8-6-19;1-22(2,3)27-21(26)24-14-10-19(11-15-24)18-8-12-23(13-9-18)20-6-4-17(16-25)5-7-20/h5-8,17-18H,9-16H2,1-4H3;4-7,18-19,25H,8-16H2,1-3H3. The summed E-state index contributed by atoms with van der Waals surface area (Å²) < 4.78 is 16.3. The third-order valence-electron chi connectivity index (χ3n) is 11.7. The molecule has 4 heterocycles. The van der Waals surface area contributed by atoms with Gasteiger partial charge in [-0.05, 0) is 159 Å². The Bertz CT molecular complexity index is 1330. The highest BCUT2D eigenvalue weighted by Gasteiger charge is 2.34. The highest BCUT2D eigenvalue weighted by Crippen LogP contribution is 2.36. The van der Waals surface area contributed by atoms with E-state index in [-0.39, 0.29) is 18.8 Å². The fourth-order valence-corrected chi connectivity index (χ4v) is 8.62. The lowest BCUT2D eigenvalue weighted by atomic mass is 9.79. The molecule has 4 aliphatic rings. The minimum absolute atomic E-state index is 0.102. The molecule has 0 aliphatic carbocycles. The number of amides is 2. The zero-order valence-electron chi connectivity index (χ0n) is 34.2. The Hall–Kier alpha value is -3.66. The van der Waals surface area contributed by atoms with Crippen LogP contribution in [0.1, 0.15) is 98.5 Å². The van der Waals surface area contributed by atoms with Gasteiger partial charge in [0.25, 0.3) is 0 Å². The summed E-state index contributed by atoms with van der Waals surface area (Å²) in [7, 11) is 1.70. The number of aliphatic hydroxyl groups excluding tert-OH is 1. The van der Waals surface area contributed by atoms with Crippen LogP contribution in [0.15, 0.2) is 48.5 Å². The Morgan fingerprint density at radius 2 is 0.870 bits per heavy atom. The molecule has 0 bridgehead atoms. The molecule has 4 fully saturated rings. The number of methoxy groups -OCH3 is 1. The van der Waals surface area contributed by atoms with Crippen LogP contribution in [0.2, 0.25) is 0 Å². The third-order valence-corrected chi connectivity index (χ3v) is 11.7. The van der Waals surface area contributed by atoms with Crippen LogP contribution in [-0.4, -0.2) is 97.8 Å². The van der Waals surface area contributed by atoms with Gasteiger partial charge in [-0.2, -0.15) is 0 Å². The zero-order valence-corrected chi connectivity index (χ0v) is 34.2. The molecule has 54 heavy (non-hydrogen) atoms. The van der Waals surface area contributed by atoms with Crippen molar-refractivity contribution in [2.45, 2.75) is 111 Å². The van der Waals surface area contributed by atoms with Crippen molar-refractivity contribution in [1.29, 1.82) is 0 Å². The van der Waals surface area contributed by atoms with E-state index in [1.165, 1.54) is 37.1 Å². The van der Waals surface area contributed by atoms with Gasteiger partial charge in [-0.25, -0.2) is 9.59 Å². The SMILES string of the molecule is CC(C)(C)OC(=O)N1CCC(C2CCN(c3ccc(CO)cc3)CC2)CC1.COc1ccc(N2CCC(C3CCN(C(=O)OC(C)(C)C)CC3)CC2)cc1. The van der Waals surface area contributed by atoms with Crippen molar-refractivity contribution < 1.29 is 28.9 Å². The van der Waals surface area contributed by atoms with Crippen LogP contribution in [0.4, 0.5) is 21.0 Å². The van der Waals surface area contributed by atoms with Crippen molar-refractivity contribution in [3.8, 4) is 5.75 Å². The number of piperidine rings is 4. The Labute approximate surface area is 325 Å². The minimum atomic E-state index is -0.420. The van der Waals surface area contributed by atoms with Crippen molar-refractivity contribution in [3.05, 3.63) is 54.1 Å². The third kappa shape index (κ3) is 12.2. The molecule has 0 atom stereocenters. The number of hydrogen-bond donors (Lipinski definition) is 1. The van der Waals surface area contributed by atoms with Gasteiger partial charge in [0.2, 0.25) is 0 Å². The molecule has 0 radical (unpaired) electrons. The summed E-state index contributed by atoms with van der Waals surface area (Å²) in [5.41, 5.74) is 2.67. The summed E-state index contributed by atoms with van der Waals surface area (Å²) in [6.45, 7) is 19.4. The van der Waals surface area contributed by atoms with Crippen LogP contribution in [0.3, 0.4) is 0 Å². The van der Waals surface area contributed by atoms with Gasteiger partial charge in [-0.1, -0.05) is 12.1 Å². The molecular formula is C44H68N4O6. The first-order valence-corrected chi connectivity index (χ1v) is 20.5. The minimum Gasteiger partial charge on any atom is -0.497 e. The summed E-state index contributed by atoms with van der Waals surface area (Å²) in [5, 5.41) is 9.18. The molecule has 1 N–H and O–H groups in total. The lowest BCUT2D eigenvalue weighted by Gasteiger charge is -2.41. The van der Waals surface area contributed by atoms with Crippen molar-refractivity contribution in [2.24, 2.45) is 23.7 Å². The fourth-order valence-electron chi connectivity index (χ4n) is 8.62. The highest BCUT2D eigenvalue weighted by molar-refractivity contribution is 5.68. The lowest BCUT2D eigenvalue weighted by molar-refractivity contribution is 0.0142. The average Bonchev–Trinajstić information content (AvgIpc) is 3.17. The van der Waals surface area contributed by atoms with Crippen LogP contribution in [0, 0.1) is 23.7 Å². The first-order valence-electron chi connectivity index (χ1n) is 20.5. The summed E-state index contributed by atoms with van der Waals surface area (Å²) in [6.07, 6.45) is 8.99. The molecule has 0 saturated carbocycles. The van der Waals surface area contributed by atoms with Crippen LogP contribution in [0.25, 0.3) is 0 Å². The molecule has 2 aromatic rings. The second-order valence-electron chi connectivity index (χ2n) is 17.8. The highest BCUT2D eigenvalue weighted by atomic mass is 16.6. The Morgan fingerprint density at radius 1 is 0.556 bits per heavy atom. The van der Waals surface area contributed by atoms with Crippen LogP contribution < -0.4 is 14.5 Å². The fraction of sp³-hybridized carbons (Fsp3) is 0.682. The summed E-state index contributed by atoms with van der Waals surface area (Å²) in [5.74, 6) is 3.91. The number of hydrogen-bond acceptors (Lipinski definition) is 8. The number of aliphatic hydroxyl groups is 1. The van der Waals surface area contributed by atoms with Crippen molar-refractivity contribution in [1.82, 2.24) is 9.80 Å². The molecule has 0 unspecified atom stereocenters. The van der Waals surface area contributed by atoms with Gasteiger partial charge in [-0.3, -0.25) is 0 Å². The van der Waals surface area contributed by atoms with E-state index in [2.05, 4.69) is 34.1 Å². The number of nitrogens with zero attached hydrogens (tertiary/aromatic N) is 4. The Morgan fingerprint density at radius 3 is 1.17 bits per heavy atom. The van der Waals surface area contributed by atoms with Gasteiger partial charge in [0.05, 0.1) is 13.7 Å². The Balaban J connectivity index is 0.000000208. The van der Waals surface area contributed by atoms with E-state index in [0.29, 0.717) is 0 Å². The maximum atomic E-state index is 12.2. The number of benzene rings is 2. The van der Waals surface area contributed by atoms with E-state index in [0.717, 1.165) is 113 Å². The van der Waals surface area contributed by atoms with E-state index in [4.69, 9.17) is 14.2 Å².